The fourth-order valence-electron chi connectivity index (χ4n) is 3.76. The SMILES string of the molecule is COc1cc(C(=O)COC(=O)c2c3ccccc3cc3ccccc23)cc(OC)c1OC. The van der Waals surface area contributed by atoms with Crippen LogP contribution in [0.3, 0.4) is 0 Å². The molecule has 0 fully saturated rings. The quantitative estimate of drug-likeness (QED) is 0.232. The third-order valence-electron chi connectivity index (χ3n) is 5.30. The Balaban J connectivity index is 1.65. The average molecular weight is 430 g/mol. The Morgan fingerprint density at radius 2 is 1.25 bits per heavy atom. The topological polar surface area (TPSA) is 71.1 Å². The van der Waals surface area contributed by atoms with Crippen LogP contribution in [-0.2, 0) is 4.74 Å². The molecule has 32 heavy (non-hydrogen) atoms. The molecule has 0 unspecified atom stereocenters. The lowest BCUT2D eigenvalue weighted by atomic mass is 9.97. The zero-order valence-corrected chi connectivity index (χ0v) is 18.0. The van der Waals surface area contributed by atoms with Crippen molar-refractivity contribution in [2.24, 2.45) is 0 Å². The summed E-state index contributed by atoms with van der Waals surface area (Å²) in [7, 11) is 4.42. The minimum atomic E-state index is -0.557. The van der Waals surface area contributed by atoms with Gasteiger partial charge in [0, 0.05) is 5.56 Å². The van der Waals surface area contributed by atoms with Gasteiger partial charge in [-0.2, -0.15) is 0 Å². The minimum Gasteiger partial charge on any atom is -0.493 e. The summed E-state index contributed by atoms with van der Waals surface area (Å²) in [5, 5.41) is 3.40. The Hall–Kier alpha value is -4.06. The van der Waals surface area contributed by atoms with Gasteiger partial charge in [0.15, 0.2) is 18.1 Å². The third-order valence-corrected chi connectivity index (χ3v) is 5.30. The first kappa shape index (κ1) is 21.2. The van der Waals surface area contributed by atoms with Gasteiger partial charge in [-0.1, -0.05) is 48.5 Å². The van der Waals surface area contributed by atoms with Crippen LogP contribution in [0, 0.1) is 0 Å². The number of hydrogen-bond donors (Lipinski definition) is 0. The number of methoxy groups -OCH3 is 3. The van der Waals surface area contributed by atoms with Gasteiger partial charge in [-0.25, -0.2) is 4.79 Å². The molecule has 0 radical (unpaired) electrons. The highest BCUT2D eigenvalue weighted by atomic mass is 16.5. The number of ketones is 1. The molecule has 4 aromatic carbocycles. The van der Waals surface area contributed by atoms with E-state index in [1.54, 1.807) is 0 Å². The van der Waals surface area contributed by atoms with Crippen LogP contribution in [0.25, 0.3) is 21.5 Å². The predicted molar refractivity (Wildman–Crippen MR) is 122 cm³/mol. The Morgan fingerprint density at radius 1 is 0.719 bits per heavy atom. The van der Waals surface area contributed by atoms with E-state index in [0.29, 0.717) is 22.8 Å². The van der Waals surface area contributed by atoms with Crippen LogP contribution >= 0.6 is 0 Å². The second-order valence-corrected chi connectivity index (χ2v) is 7.11. The van der Waals surface area contributed by atoms with Crippen molar-refractivity contribution < 1.29 is 28.5 Å². The molecule has 0 aliphatic carbocycles. The van der Waals surface area contributed by atoms with Gasteiger partial charge in [0.1, 0.15) is 0 Å². The Bertz CT molecular complexity index is 1250. The molecule has 6 heteroatoms. The van der Waals surface area contributed by atoms with Crippen LogP contribution in [0.4, 0.5) is 0 Å². The highest BCUT2D eigenvalue weighted by Crippen LogP contribution is 2.38. The van der Waals surface area contributed by atoms with E-state index >= 15 is 0 Å². The third kappa shape index (κ3) is 3.83. The predicted octanol–water partition coefficient (Wildman–Crippen LogP) is 5.06. The van der Waals surface area contributed by atoms with Crippen LogP contribution < -0.4 is 14.2 Å². The lowest BCUT2D eigenvalue weighted by Gasteiger charge is -2.14. The molecule has 0 atom stereocenters. The number of carbonyl (C=O) groups is 2. The van der Waals surface area contributed by atoms with E-state index in [9.17, 15) is 9.59 Å². The maximum absolute atomic E-state index is 13.1. The van der Waals surface area contributed by atoms with E-state index in [1.165, 1.54) is 33.5 Å². The van der Waals surface area contributed by atoms with E-state index < -0.39 is 12.6 Å². The highest BCUT2D eigenvalue weighted by Gasteiger charge is 2.20. The van der Waals surface area contributed by atoms with Gasteiger partial charge in [-0.05, 0) is 39.7 Å². The molecule has 0 N–H and O–H groups in total. The van der Waals surface area contributed by atoms with Crippen molar-refractivity contribution in [2.75, 3.05) is 27.9 Å². The van der Waals surface area contributed by atoms with Crippen LogP contribution in [0.1, 0.15) is 20.7 Å². The second-order valence-electron chi connectivity index (χ2n) is 7.11. The molecule has 0 aliphatic rings. The minimum absolute atomic E-state index is 0.287. The molecule has 162 valence electrons. The molecule has 0 aromatic heterocycles. The molecule has 0 saturated heterocycles. The molecule has 0 heterocycles. The van der Waals surface area contributed by atoms with Crippen LogP contribution in [0.5, 0.6) is 17.2 Å². The fourth-order valence-corrected chi connectivity index (χ4v) is 3.76. The van der Waals surface area contributed by atoms with Crippen molar-refractivity contribution in [3.63, 3.8) is 0 Å². The summed E-state index contributed by atoms with van der Waals surface area (Å²) in [6.45, 7) is -0.422. The number of Topliss-reactive ketones (excluding diaryl/α,β-unsaturated/α-hetero) is 1. The fraction of sp³-hybridized carbons (Fsp3) is 0.154. The monoisotopic (exact) mass is 430 g/mol. The molecule has 4 aromatic rings. The Labute approximate surface area is 185 Å². The van der Waals surface area contributed by atoms with Gasteiger partial charge in [-0.3, -0.25) is 4.79 Å². The van der Waals surface area contributed by atoms with Crippen LogP contribution in [0.15, 0.2) is 66.7 Å². The van der Waals surface area contributed by atoms with Crippen molar-refractivity contribution in [3.05, 3.63) is 77.9 Å². The smallest absolute Gasteiger partial charge is 0.339 e. The van der Waals surface area contributed by atoms with Gasteiger partial charge in [0.2, 0.25) is 11.5 Å². The number of benzene rings is 4. The first-order valence-electron chi connectivity index (χ1n) is 9.98. The number of ether oxygens (including phenoxy) is 4. The summed E-state index contributed by atoms with van der Waals surface area (Å²) < 4.78 is 21.3. The largest absolute Gasteiger partial charge is 0.493 e. The standard InChI is InChI=1S/C26H22O6/c1-29-22-13-18(14-23(30-2)25(22)31-3)21(27)15-32-26(28)24-19-10-6-4-8-16(19)12-17-9-5-7-11-20(17)24/h4-14H,15H2,1-3H3. The van der Waals surface area contributed by atoms with Gasteiger partial charge in [0.05, 0.1) is 26.9 Å². The maximum Gasteiger partial charge on any atom is 0.339 e. The molecule has 0 aliphatic heterocycles. The number of rotatable bonds is 7. The van der Waals surface area contributed by atoms with Crippen LogP contribution in [-0.4, -0.2) is 39.7 Å². The summed E-state index contributed by atoms with van der Waals surface area (Å²) >= 11 is 0. The summed E-state index contributed by atoms with van der Waals surface area (Å²) in [6, 6.07) is 20.3. The second kappa shape index (κ2) is 8.98. The van der Waals surface area contributed by atoms with Gasteiger partial charge >= 0.3 is 5.97 Å². The average Bonchev–Trinajstić information content (AvgIpc) is 2.84. The number of fused-ring (bicyclic) bond motifs is 2. The first-order chi connectivity index (χ1) is 15.6. The van der Waals surface area contributed by atoms with Crippen molar-refractivity contribution in [2.45, 2.75) is 0 Å². The molecule has 4 rings (SSSR count). The number of carbonyl (C=O) groups excluding carboxylic acids is 2. The van der Waals surface area contributed by atoms with E-state index in [-0.39, 0.29) is 11.3 Å². The summed E-state index contributed by atoms with van der Waals surface area (Å²) in [6.07, 6.45) is 0. The summed E-state index contributed by atoms with van der Waals surface area (Å²) in [4.78, 5) is 25.9. The maximum atomic E-state index is 13.1. The van der Waals surface area contributed by atoms with E-state index in [1.807, 2.05) is 54.6 Å². The molecular weight excluding hydrogens is 408 g/mol. The zero-order valence-electron chi connectivity index (χ0n) is 18.0. The molecule has 6 nitrogen and oxygen atoms in total. The van der Waals surface area contributed by atoms with Crippen LogP contribution in [0.2, 0.25) is 0 Å². The molecule has 0 spiro atoms. The summed E-state index contributed by atoms with van der Waals surface area (Å²) in [5.74, 6) is 0.134. The van der Waals surface area contributed by atoms with Crippen molar-refractivity contribution >= 4 is 33.3 Å². The molecular formula is C26H22O6. The molecule has 0 amide bonds. The van der Waals surface area contributed by atoms with E-state index in [2.05, 4.69) is 0 Å². The molecule has 0 bridgehead atoms. The van der Waals surface area contributed by atoms with Crippen molar-refractivity contribution in [1.29, 1.82) is 0 Å². The Kier molecular flexibility index (Phi) is 5.94. The lowest BCUT2D eigenvalue weighted by Crippen LogP contribution is -2.15. The summed E-state index contributed by atoms with van der Waals surface area (Å²) in [5.41, 5.74) is 0.728. The lowest BCUT2D eigenvalue weighted by molar-refractivity contribution is 0.0478. The normalized spacial score (nSPS) is 10.7. The molecule has 0 saturated carbocycles. The zero-order chi connectivity index (χ0) is 22.7. The van der Waals surface area contributed by atoms with Gasteiger partial charge in [-0.15, -0.1) is 0 Å². The van der Waals surface area contributed by atoms with Crippen molar-refractivity contribution in [1.82, 2.24) is 0 Å². The van der Waals surface area contributed by atoms with Gasteiger partial charge < -0.3 is 18.9 Å². The Morgan fingerprint density at radius 3 is 1.75 bits per heavy atom. The highest BCUT2D eigenvalue weighted by molar-refractivity contribution is 6.17. The first-order valence-corrected chi connectivity index (χ1v) is 9.98. The van der Waals surface area contributed by atoms with Crippen molar-refractivity contribution in [3.8, 4) is 17.2 Å². The van der Waals surface area contributed by atoms with Gasteiger partial charge in [0.25, 0.3) is 0 Å². The van der Waals surface area contributed by atoms with E-state index in [4.69, 9.17) is 18.9 Å². The number of hydrogen-bond acceptors (Lipinski definition) is 6. The van der Waals surface area contributed by atoms with E-state index in [0.717, 1.165) is 21.5 Å². The number of esters is 1.